The van der Waals surface area contributed by atoms with Crippen molar-refractivity contribution in [3.05, 3.63) is 29.8 Å². The molecule has 0 spiro atoms. The highest BCUT2D eigenvalue weighted by atomic mass is 16.5. The summed E-state index contributed by atoms with van der Waals surface area (Å²) in [5.41, 5.74) is 0.908. The molecule has 3 nitrogen and oxygen atoms in total. The molecule has 0 saturated heterocycles. The summed E-state index contributed by atoms with van der Waals surface area (Å²) >= 11 is 0. The molecule has 20 heavy (non-hydrogen) atoms. The molecule has 0 amide bonds. The van der Waals surface area contributed by atoms with Crippen LogP contribution in [0.3, 0.4) is 0 Å². The highest BCUT2D eigenvalue weighted by molar-refractivity contribution is 5.30. The number of unbranched alkanes of at least 4 members (excludes halogenated alkanes) is 2. The van der Waals surface area contributed by atoms with Crippen LogP contribution in [-0.2, 0) is 0 Å². The monoisotopic (exact) mass is 279 g/mol. The zero-order valence-electron chi connectivity index (χ0n) is 13.2. The average molecular weight is 279 g/mol. The van der Waals surface area contributed by atoms with Gasteiger partial charge in [0, 0.05) is 6.04 Å². The van der Waals surface area contributed by atoms with Crippen molar-refractivity contribution >= 4 is 0 Å². The summed E-state index contributed by atoms with van der Waals surface area (Å²) in [6.07, 6.45) is 3.09. The van der Waals surface area contributed by atoms with E-state index >= 15 is 0 Å². The van der Waals surface area contributed by atoms with Gasteiger partial charge >= 0.3 is 0 Å². The predicted molar refractivity (Wildman–Crippen MR) is 84.1 cm³/mol. The second-order valence-corrected chi connectivity index (χ2v) is 5.65. The van der Waals surface area contributed by atoms with Crippen LogP contribution in [0, 0.1) is 5.92 Å². The number of aliphatic hydroxyl groups excluding tert-OH is 1. The topological polar surface area (TPSA) is 41.5 Å². The fourth-order valence-electron chi connectivity index (χ4n) is 2.39. The van der Waals surface area contributed by atoms with E-state index in [9.17, 15) is 5.11 Å². The third-order valence-electron chi connectivity index (χ3n) is 3.65. The van der Waals surface area contributed by atoms with E-state index in [1.54, 1.807) is 7.11 Å². The molecule has 1 rings (SSSR count). The largest absolute Gasteiger partial charge is 0.497 e. The molecule has 114 valence electrons. The van der Waals surface area contributed by atoms with Gasteiger partial charge in [-0.1, -0.05) is 45.7 Å². The van der Waals surface area contributed by atoms with E-state index < -0.39 is 6.10 Å². The lowest BCUT2D eigenvalue weighted by molar-refractivity contribution is 0.105. The van der Waals surface area contributed by atoms with Gasteiger partial charge in [-0.25, -0.2) is 0 Å². The lowest BCUT2D eigenvalue weighted by Gasteiger charge is -2.28. The molecule has 1 aromatic carbocycles. The van der Waals surface area contributed by atoms with Gasteiger partial charge in [0.25, 0.3) is 0 Å². The molecule has 3 heteroatoms. The van der Waals surface area contributed by atoms with Crippen LogP contribution in [0.25, 0.3) is 0 Å². The van der Waals surface area contributed by atoms with Crippen LogP contribution in [0.1, 0.15) is 51.7 Å². The first-order chi connectivity index (χ1) is 9.60. The molecular formula is C17H29NO2. The van der Waals surface area contributed by atoms with Crippen molar-refractivity contribution in [1.82, 2.24) is 5.32 Å². The summed E-state index contributed by atoms with van der Waals surface area (Å²) in [5, 5.41) is 14.1. The van der Waals surface area contributed by atoms with Crippen LogP contribution in [0.4, 0.5) is 0 Å². The molecule has 0 aliphatic carbocycles. The minimum Gasteiger partial charge on any atom is -0.497 e. The normalized spacial score (nSPS) is 14.3. The van der Waals surface area contributed by atoms with Crippen molar-refractivity contribution in [2.24, 2.45) is 5.92 Å². The molecule has 0 aliphatic heterocycles. The maximum atomic E-state index is 10.6. The Kier molecular flexibility index (Phi) is 7.63. The van der Waals surface area contributed by atoms with Gasteiger partial charge in [0.2, 0.25) is 0 Å². The van der Waals surface area contributed by atoms with E-state index in [2.05, 4.69) is 26.1 Å². The Hall–Kier alpha value is -1.06. The molecular weight excluding hydrogens is 250 g/mol. The molecule has 0 aromatic heterocycles. The second kappa shape index (κ2) is 8.98. The third kappa shape index (κ3) is 5.14. The molecule has 0 fully saturated rings. The van der Waals surface area contributed by atoms with Gasteiger partial charge < -0.3 is 15.2 Å². The van der Waals surface area contributed by atoms with Crippen LogP contribution in [0.15, 0.2) is 24.3 Å². The Labute approximate surface area is 123 Å². The van der Waals surface area contributed by atoms with E-state index in [-0.39, 0.29) is 6.04 Å². The molecule has 0 saturated carbocycles. The standard InChI is InChI=1S/C17H29NO2/c1-5-6-7-11-18-16(13(2)3)17(19)14-9-8-10-15(12-14)20-4/h8-10,12-13,16-19H,5-7,11H2,1-4H3. The predicted octanol–water partition coefficient (Wildman–Crippen LogP) is 3.53. The molecule has 1 aromatic rings. The number of ether oxygens (including phenoxy) is 1. The number of methoxy groups -OCH3 is 1. The Bertz CT molecular complexity index is 379. The van der Waals surface area contributed by atoms with Crippen molar-refractivity contribution < 1.29 is 9.84 Å². The van der Waals surface area contributed by atoms with E-state index in [1.807, 2.05) is 24.3 Å². The molecule has 0 bridgehead atoms. The van der Waals surface area contributed by atoms with Crippen molar-refractivity contribution in [1.29, 1.82) is 0 Å². The van der Waals surface area contributed by atoms with Crippen molar-refractivity contribution in [2.75, 3.05) is 13.7 Å². The van der Waals surface area contributed by atoms with Gasteiger partial charge in [-0.15, -0.1) is 0 Å². The number of benzene rings is 1. The van der Waals surface area contributed by atoms with E-state index in [0.717, 1.165) is 24.3 Å². The van der Waals surface area contributed by atoms with Gasteiger partial charge in [0.15, 0.2) is 0 Å². The lowest BCUT2D eigenvalue weighted by atomic mass is 9.93. The minimum absolute atomic E-state index is 0.0685. The van der Waals surface area contributed by atoms with Crippen LogP contribution in [0.2, 0.25) is 0 Å². The summed E-state index contributed by atoms with van der Waals surface area (Å²) < 4.78 is 5.23. The third-order valence-corrected chi connectivity index (χ3v) is 3.65. The van der Waals surface area contributed by atoms with Crippen molar-refractivity contribution in [3.63, 3.8) is 0 Å². The van der Waals surface area contributed by atoms with Gasteiger partial charge in [0.05, 0.1) is 13.2 Å². The smallest absolute Gasteiger partial charge is 0.119 e. The Balaban J connectivity index is 2.69. The fourth-order valence-corrected chi connectivity index (χ4v) is 2.39. The molecule has 0 radical (unpaired) electrons. The van der Waals surface area contributed by atoms with E-state index in [4.69, 9.17) is 4.74 Å². The highest BCUT2D eigenvalue weighted by Gasteiger charge is 2.23. The zero-order valence-corrected chi connectivity index (χ0v) is 13.2. The first-order valence-electron chi connectivity index (χ1n) is 7.65. The summed E-state index contributed by atoms with van der Waals surface area (Å²) in [6, 6.07) is 7.75. The number of rotatable bonds is 9. The second-order valence-electron chi connectivity index (χ2n) is 5.65. The summed E-state index contributed by atoms with van der Waals surface area (Å²) in [5.74, 6) is 1.16. The quantitative estimate of drug-likeness (QED) is 0.679. The molecule has 0 aliphatic rings. The maximum absolute atomic E-state index is 10.6. The molecule has 2 N–H and O–H groups in total. The minimum atomic E-state index is -0.508. The van der Waals surface area contributed by atoms with Crippen LogP contribution < -0.4 is 10.1 Å². The Morgan fingerprint density at radius 1 is 1.25 bits per heavy atom. The van der Waals surface area contributed by atoms with Gasteiger partial charge in [-0.05, 0) is 36.6 Å². The number of hydrogen-bond acceptors (Lipinski definition) is 3. The van der Waals surface area contributed by atoms with Gasteiger partial charge in [0.1, 0.15) is 5.75 Å². The first-order valence-corrected chi connectivity index (χ1v) is 7.65. The van der Waals surface area contributed by atoms with Crippen LogP contribution >= 0.6 is 0 Å². The van der Waals surface area contributed by atoms with Crippen molar-refractivity contribution in [2.45, 2.75) is 52.2 Å². The van der Waals surface area contributed by atoms with Crippen molar-refractivity contribution in [3.8, 4) is 5.75 Å². The summed E-state index contributed by atoms with van der Waals surface area (Å²) in [4.78, 5) is 0. The summed E-state index contributed by atoms with van der Waals surface area (Å²) in [7, 11) is 1.65. The Morgan fingerprint density at radius 2 is 2.00 bits per heavy atom. The first kappa shape index (κ1) is 17.0. The van der Waals surface area contributed by atoms with Crippen LogP contribution in [-0.4, -0.2) is 24.8 Å². The number of aliphatic hydroxyl groups is 1. The van der Waals surface area contributed by atoms with Gasteiger partial charge in [-0.2, -0.15) is 0 Å². The number of nitrogens with one attached hydrogen (secondary N) is 1. The molecule has 2 unspecified atom stereocenters. The maximum Gasteiger partial charge on any atom is 0.119 e. The van der Waals surface area contributed by atoms with Crippen LogP contribution in [0.5, 0.6) is 5.75 Å². The molecule has 2 atom stereocenters. The van der Waals surface area contributed by atoms with E-state index in [1.165, 1.54) is 12.8 Å². The fraction of sp³-hybridized carbons (Fsp3) is 0.647. The summed E-state index contributed by atoms with van der Waals surface area (Å²) in [6.45, 7) is 7.44. The highest BCUT2D eigenvalue weighted by Crippen LogP contribution is 2.25. The average Bonchev–Trinajstić information content (AvgIpc) is 2.46. The molecule has 0 heterocycles. The SMILES string of the molecule is CCCCCNC(C(C)C)C(O)c1cccc(OC)c1. The van der Waals surface area contributed by atoms with Gasteiger partial charge in [-0.3, -0.25) is 0 Å². The zero-order chi connectivity index (χ0) is 15.0. The number of hydrogen-bond donors (Lipinski definition) is 2. The Morgan fingerprint density at radius 3 is 2.60 bits per heavy atom. The lowest BCUT2D eigenvalue weighted by Crippen LogP contribution is -2.39. The van der Waals surface area contributed by atoms with E-state index in [0.29, 0.717) is 5.92 Å².